The minimum absolute atomic E-state index is 0.00363. The molecule has 1 aliphatic heterocycles. The summed E-state index contributed by atoms with van der Waals surface area (Å²) in [6.07, 6.45) is 2.57. The minimum Gasteiger partial charge on any atom is -0.351 e. The summed E-state index contributed by atoms with van der Waals surface area (Å²) in [4.78, 5) is 12.2. The average Bonchev–Trinajstić information content (AvgIpc) is 3.52. The largest absolute Gasteiger partial charge is 0.420 e. The number of sulfonamides is 1. The van der Waals surface area contributed by atoms with E-state index in [1.807, 2.05) is 12.1 Å². The second-order valence-electron chi connectivity index (χ2n) is 9.21. The van der Waals surface area contributed by atoms with Crippen LogP contribution in [0.4, 0.5) is 19.1 Å². The van der Waals surface area contributed by atoms with Gasteiger partial charge in [0.15, 0.2) is 0 Å². The van der Waals surface area contributed by atoms with Crippen molar-refractivity contribution in [2.75, 3.05) is 24.7 Å². The maximum absolute atomic E-state index is 13.9. The lowest BCUT2D eigenvalue weighted by atomic mass is 10.1. The normalized spacial score (nSPS) is 15.5. The van der Waals surface area contributed by atoms with Crippen molar-refractivity contribution in [1.82, 2.24) is 33.6 Å². The lowest BCUT2D eigenvalue weighted by Crippen LogP contribution is -2.42. The van der Waals surface area contributed by atoms with Crippen molar-refractivity contribution in [2.24, 2.45) is 7.05 Å². The highest BCUT2D eigenvalue weighted by molar-refractivity contribution is 7.88. The van der Waals surface area contributed by atoms with Crippen molar-refractivity contribution in [3.05, 3.63) is 59.8 Å². The predicted molar refractivity (Wildman–Crippen MR) is 140 cm³/mol. The van der Waals surface area contributed by atoms with E-state index in [0.29, 0.717) is 36.6 Å². The number of hydrogen-bond acceptors (Lipinski definition) is 7. The Kier molecular flexibility index (Phi) is 7.11. The van der Waals surface area contributed by atoms with Crippen molar-refractivity contribution in [3.63, 3.8) is 0 Å². The van der Waals surface area contributed by atoms with E-state index in [0.717, 1.165) is 23.7 Å². The van der Waals surface area contributed by atoms with Gasteiger partial charge in [-0.05, 0) is 31.0 Å². The Morgan fingerprint density at radius 3 is 2.49 bits per heavy atom. The number of hydrogen-bond donors (Lipinski definition) is 1. The maximum Gasteiger partial charge on any atom is 0.420 e. The average molecular weight is 581 g/mol. The molecule has 1 aromatic carbocycles. The highest BCUT2D eigenvalue weighted by Gasteiger charge is 2.36. The minimum atomic E-state index is -4.71. The highest BCUT2D eigenvalue weighted by Crippen LogP contribution is 2.36. The summed E-state index contributed by atoms with van der Waals surface area (Å²) in [7, 11) is -1.49. The molecule has 4 heterocycles. The van der Waals surface area contributed by atoms with E-state index in [1.165, 1.54) is 21.4 Å². The first kappa shape index (κ1) is 27.1. The molecule has 0 radical (unpaired) electrons. The van der Waals surface area contributed by atoms with Gasteiger partial charge >= 0.3 is 6.18 Å². The Bertz CT molecular complexity index is 1610. The number of benzene rings is 1. The molecule has 1 fully saturated rings. The van der Waals surface area contributed by atoms with Crippen LogP contribution in [0.5, 0.6) is 0 Å². The summed E-state index contributed by atoms with van der Waals surface area (Å²) < 4.78 is 69.7. The second-order valence-corrected chi connectivity index (χ2v) is 11.6. The molecule has 39 heavy (non-hydrogen) atoms. The van der Waals surface area contributed by atoms with Crippen LogP contribution in [0, 0.1) is 0 Å². The van der Waals surface area contributed by atoms with Gasteiger partial charge in [-0.2, -0.15) is 18.3 Å². The molecule has 10 nitrogen and oxygen atoms in total. The number of aryl methyl sites for hydroxylation is 1. The summed E-state index contributed by atoms with van der Waals surface area (Å²) in [5.74, 6) is 0.00363. The second kappa shape index (κ2) is 10.2. The molecule has 15 heteroatoms. The Morgan fingerprint density at radius 1 is 1.13 bits per heavy atom. The Labute approximate surface area is 227 Å². The third-order valence-electron chi connectivity index (χ3n) is 6.52. The SMILES string of the molecule is Cn1nccc1-c1ccc(-n2cnc(-c3nc(NC4CCN(S(C)(=O)=O)CC4)ncc3C(F)(F)F)c2)c(Cl)c1. The summed E-state index contributed by atoms with van der Waals surface area (Å²) in [6, 6.07) is 6.98. The lowest BCUT2D eigenvalue weighted by molar-refractivity contribution is -0.137. The molecule has 1 aliphatic rings. The number of nitrogens with zero attached hydrogens (tertiary/aromatic N) is 7. The molecular formula is C24H24ClF3N8O2S. The quantitative estimate of drug-likeness (QED) is 0.363. The highest BCUT2D eigenvalue weighted by atomic mass is 35.5. The lowest BCUT2D eigenvalue weighted by Gasteiger charge is -2.30. The van der Waals surface area contributed by atoms with E-state index in [2.05, 4.69) is 25.4 Å². The zero-order valence-corrected chi connectivity index (χ0v) is 22.5. The van der Waals surface area contributed by atoms with Gasteiger partial charge in [0.05, 0.1) is 22.7 Å². The number of piperidine rings is 1. The van der Waals surface area contributed by atoms with Crippen LogP contribution in [-0.2, 0) is 23.2 Å². The van der Waals surface area contributed by atoms with Gasteiger partial charge in [-0.15, -0.1) is 0 Å². The summed E-state index contributed by atoms with van der Waals surface area (Å²) in [6.45, 7) is 0.600. The van der Waals surface area contributed by atoms with Crippen molar-refractivity contribution < 1.29 is 21.6 Å². The number of halogens is 4. The maximum atomic E-state index is 13.9. The predicted octanol–water partition coefficient (Wildman–Crippen LogP) is 4.24. The monoisotopic (exact) mass is 580 g/mol. The standard InChI is InChI=1S/C24H24ClF3N8O2S/c1-34-20(5-8-31-34)15-3-4-21(18(25)11-15)35-13-19(30-14-35)22-17(24(26,27)28)12-29-23(33-22)32-16-6-9-36(10-7-16)39(2,37)38/h3-5,8,11-14,16H,6-7,9-10H2,1-2H3,(H,29,32,33). The first-order chi connectivity index (χ1) is 18.4. The molecule has 0 bridgehead atoms. The van der Waals surface area contributed by atoms with Crippen molar-refractivity contribution >= 4 is 27.6 Å². The number of anilines is 1. The van der Waals surface area contributed by atoms with Crippen LogP contribution in [-0.4, -0.2) is 67.4 Å². The molecule has 5 rings (SSSR count). The van der Waals surface area contributed by atoms with Crippen molar-refractivity contribution in [3.8, 4) is 28.3 Å². The third kappa shape index (κ3) is 5.77. The van der Waals surface area contributed by atoms with Crippen LogP contribution in [0.25, 0.3) is 28.3 Å². The number of aromatic nitrogens is 6. The Morgan fingerprint density at radius 2 is 1.87 bits per heavy atom. The van der Waals surface area contributed by atoms with Gasteiger partial charge in [0.2, 0.25) is 16.0 Å². The van der Waals surface area contributed by atoms with Crippen LogP contribution in [0.15, 0.2) is 49.2 Å². The number of rotatable bonds is 6. The molecule has 0 unspecified atom stereocenters. The van der Waals surface area contributed by atoms with E-state index < -0.39 is 21.8 Å². The number of nitrogens with one attached hydrogen (secondary N) is 1. The third-order valence-corrected chi connectivity index (χ3v) is 8.12. The van der Waals surface area contributed by atoms with Gasteiger partial charge in [0, 0.05) is 50.3 Å². The zero-order chi connectivity index (χ0) is 27.9. The molecule has 1 N–H and O–H groups in total. The van der Waals surface area contributed by atoms with Gasteiger partial charge < -0.3 is 9.88 Å². The van der Waals surface area contributed by atoms with Gasteiger partial charge in [-0.3, -0.25) is 4.68 Å². The Hall–Kier alpha value is -3.49. The van der Waals surface area contributed by atoms with Gasteiger partial charge in [-0.1, -0.05) is 17.7 Å². The van der Waals surface area contributed by atoms with Gasteiger partial charge in [-0.25, -0.2) is 27.7 Å². The van der Waals surface area contributed by atoms with Crippen LogP contribution < -0.4 is 5.32 Å². The molecule has 3 aromatic heterocycles. The molecule has 0 spiro atoms. The molecule has 4 aromatic rings. The molecule has 0 amide bonds. The van der Waals surface area contributed by atoms with Crippen LogP contribution >= 0.6 is 11.6 Å². The van der Waals surface area contributed by atoms with Crippen LogP contribution in [0.1, 0.15) is 18.4 Å². The molecule has 0 aliphatic carbocycles. The smallest absolute Gasteiger partial charge is 0.351 e. The Balaban J connectivity index is 1.42. The molecular weight excluding hydrogens is 557 g/mol. The first-order valence-electron chi connectivity index (χ1n) is 11.9. The van der Waals surface area contributed by atoms with Crippen molar-refractivity contribution in [2.45, 2.75) is 25.1 Å². The fourth-order valence-electron chi connectivity index (χ4n) is 4.48. The zero-order valence-electron chi connectivity index (χ0n) is 20.9. The van der Waals surface area contributed by atoms with Gasteiger partial charge in [0.25, 0.3) is 0 Å². The molecule has 0 atom stereocenters. The van der Waals surface area contributed by atoms with E-state index in [-0.39, 0.29) is 23.4 Å². The number of imidazole rings is 1. The molecule has 1 saturated heterocycles. The fraction of sp³-hybridized carbons (Fsp3) is 0.333. The van der Waals surface area contributed by atoms with Gasteiger partial charge in [0.1, 0.15) is 23.3 Å². The van der Waals surface area contributed by atoms with E-state index in [1.54, 1.807) is 30.1 Å². The van der Waals surface area contributed by atoms with Crippen LogP contribution in [0.2, 0.25) is 5.02 Å². The van der Waals surface area contributed by atoms with E-state index in [9.17, 15) is 21.6 Å². The molecule has 0 saturated carbocycles. The summed E-state index contributed by atoms with van der Waals surface area (Å²) in [5.41, 5.74) is 0.800. The van der Waals surface area contributed by atoms with E-state index >= 15 is 0 Å². The first-order valence-corrected chi connectivity index (χ1v) is 14.1. The van der Waals surface area contributed by atoms with Crippen LogP contribution in [0.3, 0.4) is 0 Å². The fourth-order valence-corrected chi connectivity index (χ4v) is 5.63. The summed E-state index contributed by atoms with van der Waals surface area (Å²) in [5, 5.41) is 7.56. The molecule has 206 valence electrons. The van der Waals surface area contributed by atoms with E-state index in [4.69, 9.17) is 11.6 Å². The number of alkyl halides is 3. The summed E-state index contributed by atoms with van der Waals surface area (Å²) >= 11 is 6.53. The van der Waals surface area contributed by atoms with Crippen molar-refractivity contribution in [1.29, 1.82) is 0 Å². The topological polar surface area (TPSA) is 111 Å².